The Labute approximate surface area is 116 Å². The zero-order valence-corrected chi connectivity index (χ0v) is 12.8. The minimum absolute atomic E-state index is 0.140. The van der Waals surface area contributed by atoms with Crippen LogP contribution >= 0.6 is 22.6 Å². The number of carbonyl (C=O) groups is 2. The van der Waals surface area contributed by atoms with Crippen molar-refractivity contribution in [2.75, 3.05) is 0 Å². The standard InChI is InChI=1S/C12H19IO4/c1-5-7(3)9(11(14)15)10(13)12(16)17-8(4)6-2/h7-8H,5-6H2,1-4H3,(H,14,15). The van der Waals surface area contributed by atoms with Gasteiger partial charge in [-0.15, -0.1) is 0 Å². The Morgan fingerprint density at radius 2 is 1.76 bits per heavy atom. The van der Waals surface area contributed by atoms with Crippen molar-refractivity contribution >= 4 is 34.5 Å². The summed E-state index contributed by atoms with van der Waals surface area (Å²) in [7, 11) is 0. The maximum absolute atomic E-state index is 11.7. The van der Waals surface area contributed by atoms with E-state index in [9.17, 15) is 9.59 Å². The van der Waals surface area contributed by atoms with Crippen LogP contribution in [0.15, 0.2) is 9.15 Å². The van der Waals surface area contributed by atoms with Crippen LogP contribution in [0.4, 0.5) is 0 Å². The molecule has 5 heteroatoms. The summed E-state index contributed by atoms with van der Waals surface area (Å²) in [6, 6.07) is 0. The number of aliphatic carboxylic acids is 1. The molecular weight excluding hydrogens is 335 g/mol. The molecule has 0 bridgehead atoms. The summed E-state index contributed by atoms with van der Waals surface area (Å²) in [6.07, 6.45) is 1.19. The van der Waals surface area contributed by atoms with Crippen molar-refractivity contribution in [2.45, 2.75) is 46.6 Å². The van der Waals surface area contributed by atoms with Crippen LogP contribution in [0.25, 0.3) is 0 Å². The molecule has 0 fully saturated rings. The first kappa shape index (κ1) is 16.4. The topological polar surface area (TPSA) is 63.6 Å². The Balaban J connectivity index is 5.07. The quantitative estimate of drug-likeness (QED) is 0.452. The van der Waals surface area contributed by atoms with Gasteiger partial charge in [-0.3, -0.25) is 0 Å². The average molecular weight is 354 g/mol. The van der Waals surface area contributed by atoms with E-state index < -0.39 is 11.9 Å². The first-order valence-corrected chi connectivity index (χ1v) is 6.76. The lowest BCUT2D eigenvalue weighted by Gasteiger charge is -2.14. The fraction of sp³-hybridized carbons (Fsp3) is 0.667. The van der Waals surface area contributed by atoms with Crippen LogP contribution in [0.2, 0.25) is 0 Å². The Kier molecular flexibility index (Phi) is 7.41. The monoisotopic (exact) mass is 354 g/mol. The SMILES string of the molecule is CCC(C)OC(=O)C(I)=C(C(=O)O)C(C)CC. The van der Waals surface area contributed by atoms with Gasteiger partial charge in [0.1, 0.15) is 3.58 Å². The summed E-state index contributed by atoms with van der Waals surface area (Å²) in [5, 5.41) is 9.11. The summed E-state index contributed by atoms with van der Waals surface area (Å²) < 4.78 is 5.29. The van der Waals surface area contributed by atoms with Crippen molar-refractivity contribution < 1.29 is 19.4 Å². The summed E-state index contributed by atoms with van der Waals surface area (Å²) in [6.45, 7) is 7.36. The van der Waals surface area contributed by atoms with Gasteiger partial charge in [0.15, 0.2) is 0 Å². The number of carbonyl (C=O) groups excluding carboxylic acids is 1. The Bertz CT molecular complexity index is 322. The molecule has 0 spiro atoms. The predicted molar refractivity (Wildman–Crippen MR) is 74.0 cm³/mol. The van der Waals surface area contributed by atoms with Gasteiger partial charge in [-0.25, -0.2) is 9.59 Å². The van der Waals surface area contributed by atoms with Crippen molar-refractivity contribution in [1.82, 2.24) is 0 Å². The average Bonchev–Trinajstić information content (AvgIpc) is 2.27. The van der Waals surface area contributed by atoms with Crippen molar-refractivity contribution in [3.63, 3.8) is 0 Å². The smallest absolute Gasteiger partial charge is 0.345 e. The normalized spacial score (nSPS) is 15.8. The third-order valence-corrected chi connectivity index (χ3v) is 3.66. The molecule has 0 aliphatic heterocycles. The molecule has 2 unspecified atom stereocenters. The summed E-state index contributed by atoms with van der Waals surface area (Å²) in [5.41, 5.74) is 0.140. The van der Waals surface area contributed by atoms with Crippen LogP contribution in [0, 0.1) is 5.92 Å². The fourth-order valence-electron chi connectivity index (χ4n) is 1.15. The third-order valence-electron chi connectivity index (χ3n) is 2.63. The van der Waals surface area contributed by atoms with E-state index in [1.807, 2.05) is 13.8 Å². The minimum Gasteiger partial charge on any atom is -0.478 e. The second-order valence-corrected chi connectivity index (χ2v) is 5.05. The van der Waals surface area contributed by atoms with Crippen molar-refractivity contribution in [3.8, 4) is 0 Å². The highest BCUT2D eigenvalue weighted by Crippen LogP contribution is 2.24. The van der Waals surface area contributed by atoms with Crippen LogP contribution in [0.5, 0.6) is 0 Å². The van der Waals surface area contributed by atoms with Gasteiger partial charge in [0, 0.05) is 0 Å². The van der Waals surface area contributed by atoms with Gasteiger partial charge < -0.3 is 9.84 Å². The number of halogens is 1. The first-order chi connectivity index (χ1) is 7.84. The van der Waals surface area contributed by atoms with Gasteiger partial charge in [0.25, 0.3) is 0 Å². The molecule has 0 radical (unpaired) electrons. The number of esters is 1. The third kappa shape index (κ3) is 5.06. The Morgan fingerprint density at radius 1 is 1.24 bits per heavy atom. The van der Waals surface area contributed by atoms with E-state index in [0.29, 0.717) is 12.8 Å². The van der Waals surface area contributed by atoms with Gasteiger partial charge in [-0.05, 0) is 48.3 Å². The summed E-state index contributed by atoms with van der Waals surface area (Å²) >= 11 is 1.76. The molecule has 0 heterocycles. The lowest BCUT2D eigenvalue weighted by Crippen LogP contribution is -2.19. The van der Waals surface area contributed by atoms with Crippen LogP contribution < -0.4 is 0 Å². The van der Waals surface area contributed by atoms with Crippen LogP contribution in [0.1, 0.15) is 40.5 Å². The van der Waals surface area contributed by atoms with Gasteiger partial charge in [-0.1, -0.05) is 20.8 Å². The molecule has 0 aromatic heterocycles. The predicted octanol–water partition coefficient (Wildman–Crippen LogP) is 3.15. The number of carboxylic acid groups (broad SMARTS) is 1. The summed E-state index contributed by atoms with van der Waals surface area (Å²) in [4.78, 5) is 22.9. The minimum atomic E-state index is -1.05. The molecule has 1 N–H and O–H groups in total. The molecule has 0 aromatic carbocycles. The van der Waals surface area contributed by atoms with Crippen molar-refractivity contribution in [2.24, 2.45) is 5.92 Å². The van der Waals surface area contributed by atoms with Gasteiger partial charge in [-0.2, -0.15) is 0 Å². The highest BCUT2D eigenvalue weighted by atomic mass is 127. The largest absolute Gasteiger partial charge is 0.478 e. The number of hydrogen-bond acceptors (Lipinski definition) is 3. The van der Waals surface area contributed by atoms with Gasteiger partial charge in [0.2, 0.25) is 0 Å². The van der Waals surface area contributed by atoms with Crippen LogP contribution in [0.3, 0.4) is 0 Å². The number of carboxylic acids is 1. The molecule has 0 amide bonds. The number of rotatable bonds is 6. The highest BCUT2D eigenvalue weighted by Gasteiger charge is 2.24. The molecule has 0 saturated heterocycles. The molecule has 0 aromatic rings. The van der Waals surface area contributed by atoms with Crippen LogP contribution in [-0.2, 0) is 14.3 Å². The number of ether oxygens (including phenoxy) is 1. The van der Waals surface area contributed by atoms with E-state index in [1.165, 1.54) is 0 Å². The van der Waals surface area contributed by atoms with Crippen molar-refractivity contribution in [1.29, 1.82) is 0 Å². The van der Waals surface area contributed by atoms with Crippen LogP contribution in [-0.4, -0.2) is 23.1 Å². The van der Waals surface area contributed by atoms with E-state index >= 15 is 0 Å². The van der Waals surface area contributed by atoms with Gasteiger partial charge >= 0.3 is 11.9 Å². The summed E-state index contributed by atoms with van der Waals surface area (Å²) in [5.74, 6) is -1.76. The molecule has 0 rings (SSSR count). The molecule has 0 saturated carbocycles. The maximum Gasteiger partial charge on any atom is 0.345 e. The molecule has 4 nitrogen and oxygen atoms in total. The van der Waals surface area contributed by atoms with E-state index in [4.69, 9.17) is 9.84 Å². The lowest BCUT2D eigenvalue weighted by molar-refractivity contribution is -0.143. The Hall–Kier alpha value is -0.590. The lowest BCUT2D eigenvalue weighted by atomic mass is 9.98. The molecule has 0 aliphatic rings. The van der Waals surface area contributed by atoms with Crippen molar-refractivity contribution in [3.05, 3.63) is 9.15 Å². The molecule has 98 valence electrons. The number of hydrogen-bond donors (Lipinski definition) is 1. The molecule has 2 atom stereocenters. The van der Waals surface area contributed by atoms with Gasteiger partial charge in [0.05, 0.1) is 11.7 Å². The maximum atomic E-state index is 11.7. The van der Waals surface area contributed by atoms with E-state index in [0.717, 1.165) is 0 Å². The second kappa shape index (κ2) is 7.68. The molecular formula is C12H19IO4. The molecule has 0 aliphatic carbocycles. The van der Waals surface area contributed by atoms with E-state index in [-0.39, 0.29) is 21.2 Å². The Morgan fingerprint density at radius 3 is 2.12 bits per heavy atom. The van der Waals surface area contributed by atoms with E-state index in [2.05, 4.69) is 0 Å². The van der Waals surface area contributed by atoms with E-state index in [1.54, 1.807) is 36.4 Å². The molecule has 17 heavy (non-hydrogen) atoms. The first-order valence-electron chi connectivity index (χ1n) is 5.68. The zero-order chi connectivity index (χ0) is 13.6. The highest BCUT2D eigenvalue weighted by molar-refractivity contribution is 14.1. The zero-order valence-electron chi connectivity index (χ0n) is 10.6. The fourth-order valence-corrected chi connectivity index (χ4v) is 2.04. The second-order valence-electron chi connectivity index (χ2n) is 3.97.